The smallest absolute Gasteiger partial charge is 0.321 e. The van der Waals surface area contributed by atoms with E-state index in [1.54, 1.807) is 12.0 Å². The minimum atomic E-state index is -0.129. The first-order valence-electron chi connectivity index (χ1n) is 10.5. The molecule has 1 atom stereocenters. The van der Waals surface area contributed by atoms with Crippen LogP contribution in [0.3, 0.4) is 0 Å². The number of ether oxygens (including phenoxy) is 2. The number of nitrogens with zero attached hydrogens (tertiary/aromatic N) is 3. The molecule has 0 radical (unpaired) electrons. The molecule has 1 aromatic heterocycles. The van der Waals surface area contributed by atoms with Gasteiger partial charge in [-0.2, -0.15) is 4.98 Å². The van der Waals surface area contributed by atoms with Gasteiger partial charge in [-0.3, -0.25) is 0 Å². The summed E-state index contributed by atoms with van der Waals surface area (Å²) in [5, 5.41) is 6.98. The van der Waals surface area contributed by atoms with Crippen molar-refractivity contribution in [2.24, 2.45) is 0 Å². The second-order valence-electron chi connectivity index (χ2n) is 7.89. The van der Waals surface area contributed by atoms with E-state index in [0.29, 0.717) is 24.8 Å². The number of hydrogen-bond acceptors (Lipinski definition) is 6. The lowest BCUT2D eigenvalue weighted by Gasteiger charge is -2.18. The SMILES string of the molecule is COc1ccc(NC(=O)N2CCC(Oc3ccc(-c4noc(C5CC5)n4)cc3)C2)cc1. The van der Waals surface area contributed by atoms with Gasteiger partial charge in [0.25, 0.3) is 0 Å². The van der Waals surface area contributed by atoms with Gasteiger partial charge in [0, 0.05) is 30.1 Å². The van der Waals surface area contributed by atoms with Gasteiger partial charge < -0.3 is 24.2 Å². The van der Waals surface area contributed by atoms with E-state index in [1.807, 2.05) is 48.5 Å². The highest BCUT2D eigenvalue weighted by atomic mass is 16.5. The summed E-state index contributed by atoms with van der Waals surface area (Å²) in [5.74, 6) is 3.29. The highest BCUT2D eigenvalue weighted by molar-refractivity contribution is 5.89. The molecule has 1 saturated carbocycles. The number of methoxy groups -OCH3 is 1. The first kappa shape index (κ1) is 19.4. The Morgan fingerprint density at radius 2 is 1.81 bits per heavy atom. The number of carbonyl (C=O) groups excluding carboxylic acids is 1. The largest absolute Gasteiger partial charge is 0.497 e. The lowest BCUT2D eigenvalue weighted by Crippen LogP contribution is -2.34. The Labute approximate surface area is 180 Å². The van der Waals surface area contributed by atoms with Crippen molar-refractivity contribution in [2.75, 3.05) is 25.5 Å². The van der Waals surface area contributed by atoms with Crippen molar-refractivity contribution in [3.05, 3.63) is 54.4 Å². The fourth-order valence-corrected chi connectivity index (χ4v) is 3.61. The topological polar surface area (TPSA) is 89.7 Å². The molecule has 1 unspecified atom stereocenters. The second-order valence-corrected chi connectivity index (χ2v) is 7.89. The van der Waals surface area contributed by atoms with Crippen LogP contribution in [0.15, 0.2) is 53.1 Å². The summed E-state index contributed by atoms with van der Waals surface area (Å²) in [6, 6.07) is 14.8. The number of benzene rings is 2. The van der Waals surface area contributed by atoms with E-state index in [4.69, 9.17) is 14.0 Å². The molecule has 3 aromatic rings. The van der Waals surface area contributed by atoms with E-state index in [1.165, 1.54) is 0 Å². The predicted octanol–water partition coefficient (Wildman–Crippen LogP) is 4.31. The molecule has 2 heterocycles. The summed E-state index contributed by atoms with van der Waals surface area (Å²) in [7, 11) is 1.61. The van der Waals surface area contributed by atoms with E-state index in [-0.39, 0.29) is 12.1 Å². The maximum absolute atomic E-state index is 12.5. The monoisotopic (exact) mass is 420 g/mol. The number of likely N-dealkylation sites (tertiary alicyclic amines) is 1. The number of urea groups is 1. The standard InChI is InChI=1S/C23H24N4O4/c1-29-18-10-6-17(7-11-18)24-23(28)27-13-12-20(14-27)30-19-8-4-15(5-9-19)21-25-22(31-26-21)16-2-3-16/h4-11,16,20H,2-3,12-14H2,1H3,(H,24,28). The Hall–Kier alpha value is -3.55. The lowest BCUT2D eigenvalue weighted by atomic mass is 10.2. The van der Waals surface area contributed by atoms with Crippen LogP contribution in [0.5, 0.6) is 11.5 Å². The van der Waals surface area contributed by atoms with E-state index in [2.05, 4.69) is 15.5 Å². The summed E-state index contributed by atoms with van der Waals surface area (Å²) >= 11 is 0. The van der Waals surface area contributed by atoms with Gasteiger partial charge in [0.15, 0.2) is 0 Å². The Bertz CT molecular complexity index is 1040. The van der Waals surface area contributed by atoms with E-state index < -0.39 is 0 Å². The third kappa shape index (κ3) is 4.47. The van der Waals surface area contributed by atoms with Crippen LogP contribution in [0, 0.1) is 0 Å². The lowest BCUT2D eigenvalue weighted by molar-refractivity contribution is 0.195. The zero-order valence-corrected chi connectivity index (χ0v) is 17.3. The average molecular weight is 420 g/mol. The maximum atomic E-state index is 12.5. The van der Waals surface area contributed by atoms with Crippen LogP contribution in [-0.4, -0.2) is 47.4 Å². The predicted molar refractivity (Wildman–Crippen MR) is 114 cm³/mol. The average Bonchev–Trinajstić information content (AvgIpc) is 3.34. The number of aromatic nitrogens is 2. The van der Waals surface area contributed by atoms with Crippen LogP contribution in [-0.2, 0) is 0 Å². The number of carbonyl (C=O) groups is 1. The Morgan fingerprint density at radius 3 is 2.52 bits per heavy atom. The number of amides is 2. The molecule has 0 spiro atoms. The molecule has 8 heteroatoms. The highest BCUT2D eigenvalue weighted by Crippen LogP contribution is 2.39. The summed E-state index contributed by atoms with van der Waals surface area (Å²) in [6.07, 6.45) is 3.00. The molecule has 2 aliphatic rings. The van der Waals surface area contributed by atoms with Crippen molar-refractivity contribution in [1.82, 2.24) is 15.0 Å². The molecule has 1 aliphatic carbocycles. The van der Waals surface area contributed by atoms with E-state index in [9.17, 15) is 4.79 Å². The zero-order chi connectivity index (χ0) is 21.2. The first-order valence-corrected chi connectivity index (χ1v) is 10.5. The van der Waals surface area contributed by atoms with Gasteiger partial charge in [0.05, 0.1) is 13.7 Å². The van der Waals surface area contributed by atoms with Crippen molar-refractivity contribution in [3.63, 3.8) is 0 Å². The van der Waals surface area contributed by atoms with Crippen LogP contribution >= 0.6 is 0 Å². The first-order chi connectivity index (χ1) is 15.2. The van der Waals surface area contributed by atoms with Gasteiger partial charge in [0.1, 0.15) is 17.6 Å². The molecule has 2 fully saturated rings. The quantitative estimate of drug-likeness (QED) is 0.639. The second kappa shape index (κ2) is 8.29. The molecule has 0 bridgehead atoms. The fraction of sp³-hybridized carbons (Fsp3) is 0.348. The number of nitrogens with one attached hydrogen (secondary N) is 1. The minimum Gasteiger partial charge on any atom is -0.497 e. The third-order valence-electron chi connectivity index (χ3n) is 5.56. The Balaban J connectivity index is 1.14. The van der Waals surface area contributed by atoms with Crippen molar-refractivity contribution in [1.29, 1.82) is 0 Å². The van der Waals surface area contributed by atoms with Crippen LogP contribution < -0.4 is 14.8 Å². The summed E-state index contributed by atoms with van der Waals surface area (Å²) in [5.41, 5.74) is 1.63. The van der Waals surface area contributed by atoms with Crippen molar-refractivity contribution < 1.29 is 18.8 Å². The molecule has 31 heavy (non-hydrogen) atoms. The van der Waals surface area contributed by atoms with Crippen molar-refractivity contribution >= 4 is 11.7 Å². The highest BCUT2D eigenvalue weighted by Gasteiger charge is 2.30. The summed E-state index contributed by atoms with van der Waals surface area (Å²) in [4.78, 5) is 18.8. The zero-order valence-electron chi connectivity index (χ0n) is 17.3. The van der Waals surface area contributed by atoms with Crippen molar-refractivity contribution in [3.8, 4) is 22.9 Å². The van der Waals surface area contributed by atoms with Gasteiger partial charge in [-0.15, -0.1) is 0 Å². The van der Waals surface area contributed by atoms with E-state index in [0.717, 1.165) is 47.9 Å². The number of rotatable bonds is 6. The van der Waals surface area contributed by atoms with Gasteiger partial charge in [-0.1, -0.05) is 5.16 Å². The summed E-state index contributed by atoms with van der Waals surface area (Å²) in [6.45, 7) is 1.19. The molecular weight excluding hydrogens is 396 g/mol. The molecule has 2 amide bonds. The van der Waals surface area contributed by atoms with E-state index >= 15 is 0 Å². The molecule has 8 nitrogen and oxygen atoms in total. The molecule has 1 N–H and O–H groups in total. The molecule has 1 aliphatic heterocycles. The molecule has 160 valence electrons. The van der Waals surface area contributed by atoms with Gasteiger partial charge in [-0.05, 0) is 61.4 Å². The van der Waals surface area contributed by atoms with Crippen LogP contribution in [0.1, 0.15) is 31.1 Å². The molecule has 1 saturated heterocycles. The number of hydrogen-bond donors (Lipinski definition) is 1. The normalized spacial score (nSPS) is 18.1. The van der Waals surface area contributed by atoms with Crippen LogP contribution in [0.4, 0.5) is 10.5 Å². The van der Waals surface area contributed by atoms with Gasteiger partial charge >= 0.3 is 6.03 Å². The molecule has 2 aromatic carbocycles. The minimum absolute atomic E-state index is 0.0425. The fourth-order valence-electron chi connectivity index (χ4n) is 3.61. The van der Waals surface area contributed by atoms with Crippen LogP contribution in [0.2, 0.25) is 0 Å². The Morgan fingerprint density at radius 1 is 1.06 bits per heavy atom. The van der Waals surface area contributed by atoms with Gasteiger partial charge in [0.2, 0.25) is 11.7 Å². The maximum Gasteiger partial charge on any atom is 0.321 e. The van der Waals surface area contributed by atoms with Crippen LogP contribution in [0.25, 0.3) is 11.4 Å². The summed E-state index contributed by atoms with van der Waals surface area (Å²) < 4.78 is 16.5. The van der Waals surface area contributed by atoms with Gasteiger partial charge in [-0.25, -0.2) is 4.79 Å². The number of anilines is 1. The Kier molecular flexibility index (Phi) is 5.19. The van der Waals surface area contributed by atoms with Crippen molar-refractivity contribution in [2.45, 2.75) is 31.3 Å². The molecule has 5 rings (SSSR count). The molecular formula is C23H24N4O4. The third-order valence-corrected chi connectivity index (χ3v) is 5.56.